The van der Waals surface area contributed by atoms with Crippen LogP contribution in [0.4, 0.5) is 0 Å². The van der Waals surface area contributed by atoms with Crippen molar-refractivity contribution in [3.8, 4) is 0 Å². The second-order valence-corrected chi connectivity index (χ2v) is 6.75. The topological polar surface area (TPSA) is 49.4 Å². The lowest BCUT2D eigenvalue weighted by molar-refractivity contribution is 0.335. The molecule has 0 saturated heterocycles. The smallest absolute Gasteiger partial charge is 0.215 e. The van der Waals surface area contributed by atoms with Gasteiger partial charge < -0.3 is 5.32 Å². The van der Waals surface area contributed by atoms with Crippen LogP contribution in [-0.2, 0) is 10.0 Å². The van der Waals surface area contributed by atoms with Gasteiger partial charge in [0.25, 0.3) is 0 Å². The number of rotatable bonds is 8. The molecule has 1 fully saturated rings. The van der Waals surface area contributed by atoms with Crippen molar-refractivity contribution in [2.75, 3.05) is 25.4 Å². The van der Waals surface area contributed by atoms with E-state index < -0.39 is 10.0 Å². The Bertz CT molecular complexity index is 298. The molecule has 1 aliphatic rings. The summed E-state index contributed by atoms with van der Waals surface area (Å²) in [6, 6.07) is 0.260. The zero-order chi connectivity index (χ0) is 12.7. The van der Waals surface area contributed by atoms with Crippen LogP contribution >= 0.6 is 0 Å². The molecule has 0 spiro atoms. The van der Waals surface area contributed by atoms with Gasteiger partial charge in [0.2, 0.25) is 10.0 Å². The van der Waals surface area contributed by atoms with E-state index in [2.05, 4.69) is 12.2 Å². The van der Waals surface area contributed by atoms with E-state index >= 15 is 0 Å². The lowest BCUT2D eigenvalue weighted by Gasteiger charge is -2.26. The molecule has 0 atom stereocenters. The maximum absolute atomic E-state index is 12.2. The molecule has 0 aromatic rings. The Labute approximate surface area is 106 Å². The third-order valence-electron chi connectivity index (χ3n) is 3.36. The zero-order valence-electron chi connectivity index (χ0n) is 11.1. The number of hydrogen-bond acceptors (Lipinski definition) is 3. The van der Waals surface area contributed by atoms with Crippen molar-refractivity contribution < 1.29 is 8.42 Å². The third kappa shape index (κ3) is 4.56. The Morgan fingerprint density at radius 2 is 1.82 bits per heavy atom. The van der Waals surface area contributed by atoms with Gasteiger partial charge in [-0.05, 0) is 25.8 Å². The molecule has 0 heterocycles. The SMILES string of the molecule is CCCNCCS(=O)(=O)N(CC)C1CCCC1. The number of hydrogen-bond donors (Lipinski definition) is 1. The highest BCUT2D eigenvalue weighted by atomic mass is 32.2. The molecule has 0 aromatic carbocycles. The van der Waals surface area contributed by atoms with Gasteiger partial charge in [0, 0.05) is 19.1 Å². The van der Waals surface area contributed by atoms with E-state index in [-0.39, 0.29) is 11.8 Å². The first kappa shape index (κ1) is 14.9. The predicted molar refractivity (Wildman–Crippen MR) is 71.6 cm³/mol. The van der Waals surface area contributed by atoms with Crippen LogP contribution in [0.15, 0.2) is 0 Å². The Morgan fingerprint density at radius 3 is 2.35 bits per heavy atom. The van der Waals surface area contributed by atoms with Crippen molar-refractivity contribution in [3.63, 3.8) is 0 Å². The molecule has 17 heavy (non-hydrogen) atoms. The number of nitrogens with one attached hydrogen (secondary N) is 1. The van der Waals surface area contributed by atoms with Gasteiger partial charge >= 0.3 is 0 Å². The fourth-order valence-electron chi connectivity index (χ4n) is 2.49. The highest BCUT2D eigenvalue weighted by Crippen LogP contribution is 2.25. The average molecular weight is 262 g/mol. The zero-order valence-corrected chi connectivity index (χ0v) is 11.9. The van der Waals surface area contributed by atoms with E-state index in [1.807, 2.05) is 6.92 Å². The summed E-state index contributed by atoms with van der Waals surface area (Å²) in [6.07, 6.45) is 5.46. The molecule has 1 N–H and O–H groups in total. The minimum Gasteiger partial charge on any atom is -0.316 e. The van der Waals surface area contributed by atoms with Crippen LogP contribution < -0.4 is 5.32 Å². The van der Waals surface area contributed by atoms with Gasteiger partial charge in [0.15, 0.2) is 0 Å². The summed E-state index contributed by atoms with van der Waals surface area (Å²) < 4.78 is 26.1. The maximum Gasteiger partial charge on any atom is 0.215 e. The molecular weight excluding hydrogens is 236 g/mol. The fourth-order valence-corrected chi connectivity index (χ4v) is 4.19. The molecule has 1 aliphatic carbocycles. The lowest BCUT2D eigenvalue weighted by atomic mass is 10.2. The molecule has 0 unspecified atom stereocenters. The van der Waals surface area contributed by atoms with Crippen molar-refractivity contribution >= 4 is 10.0 Å². The number of sulfonamides is 1. The summed E-state index contributed by atoms with van der Waals surface area (Å²) in [7, 11) is -3.07. The first-order valence-electron chi connectivity index (χ1n) is 6.82. The van der Waals surface area contributed by atoms with Crippen LogP contribution in [0.25, 0.3) is 0 Å². The molecule has 5 heteroatoms. The number of nitrogens with zero attached hydrogens (tertiary/aromatic N) is 1. The van der Waals surface area contributed by atoms with Crippen LogP contribution in [0.3, 0.4) is 0 Å². The minimum absolute atomic E-state index is 0.233. The normalized spacial score (nSPS) is 18.1. The molecule has 0 aliphatic heterocycles. The molecule has 0 bridgehead atoms. The third-order valence-corrected chi connectivity index (χ3v) is 5.36. The summed E-state index contributed by atoms with van der Waals surface area (Å²) >= 11 is 0. The second kappa shape index (κ2) is 7.34. The summed E-state index contributed by atoms with van der Waals surface area (Å²) in [5.41, 5.74) is 0. The van der Waals surface area contributed by atoms with Crippen LogP contribution in [0.2, 0.25) is 0 Å². The van der Waals surface area contributed by atoms with Gasteiger partial charge in [-0.15, -0.1) is 0 Å². The van der Waals surface area contributed by atoms with Crippen molar-refractivity contribution in [3.05, 3.63) is 0 Å². The van der Waals surface area contributed by atoms with Crippen molar-refractivity contribution in [2.24, 2.45) is 0 Å². The maximum atomic E-state index is 12.2. The highest BCUT2D eigenvalue weighted by molar-refractivity contribution is 7.89. The second-order valence-electron chi connectivity index (χ2n) is 4.71. The molecule has 0 aromatic heterocycles. The fraction of sp³-hybridized carbons (Fsp3) is 1.00. The molecule has 0 radical (unpaired) electrons. The Hall–Kier alpha value is -0.130. The Balaban J connectivity index is 2.47. The molecule has 4 nitrogen and oxygen atoms in total. The molecule has 1 rings (SSSR count). The van der Waals surface area contributed by atoms with Crippen LogP contribution in [0.5, 0.6) is 0 Å². The summed E-state index contributed by atoms with van der Waals surface area (Å²) in [6.45, 7) is 6.10. The van der Waals surface area contributed by atoms with E-state index in [1.165, 1.54) is 12.8 Å². The highest BCUT2D eigenvalue weighted by Gasteiger charge is 2.30. The van der Waals surface area contributed by atoms with E-state index in [9.17, 15) is 8.42 Å². The predicted octanol–water partition coefficient (Wildman–Crippen LogP) is 1.58. The van der Waals surface area contributed by atoms with Crippen LogP contribution in [0.1, 0.15) is 46.0 Å². The Kier molecular flexibility index (Phi) is 6.44. The van der Waals surface area contributed by atoms with Crippen LogP contribution in [-0.4, -0.2) is 44.2 Å². The lowest BCUT2D eigenvalue weighted by Crippen LogP contribution is -2.42. The Morgan fingerprint density at radius 1 is 1.18 bits per heavy atom. The van der Waals surface area contributed by atoms with E-state index in [1.54, 1.807) is 4.31 Å². The van der Waals surface area contributed by atoms with Crippen molar-refractivity contribution in [2.45, 2.75) is 52.0 Å². The van der Waals surface area contributed by atoms with Gasteiger partial charge in [-0.2, -0.15) is 4.31 Å². The van der Waals surface area contributed by atoms with Gasteiger partial charge in [0.05, 0.1) is 5.75 Å². The van der Waals surface area contributed by atoms with E-state index in [0.717, 1.165) is 25.8 Å². The van der Waals surface area contributed by atoms with Gasteiger partial charge in [-0.25, -0.2) is 8.42 Å². The van der Waals surface area contributed by atoms with E-state index in [0.29, 0.717) is 13.1 Å². The quantitative estimate of drug-likeness (QED) is 0.676. The van der Waals surface area contributed by atoms with Crippen molar-refractivity contribution in [1.29, 1.82) is 0 Å². The average Bonchev–Trinajstić information content (AvgIpc) is 2.78. The first-order valence-corrected chi connectivity index (χ1v) is 8.43. The van der Waals surface area contributed by atoms with Crippen molar-refractivity contribution in [1.82, 2.24) is 9.62 Å². The molecular formula is C12H26N2O2S. The molecule has 102 valence electrons. The standard InChI is InChI=1S/C12H26N2O2S/c1-3-9-13-10-11-17(15,16)14(4-2)12-7-5-6-8-12/h12-13H,3-11H2,1-2H3. The first-order chi connectivity index (χ1) is 8.11. The van der Waals surface area contributed by atoms with Gasteiger partial charge in [-0.3, -0.25) is 0 Å². The summed E-state index contributed by atoms with van der Waals surface area (Å²) in [4.78, 5) is 0. The summed E-state index contributed by atoms with van der Waals surface area (Å²) in [5.74, 6) is 0.233. The van der Waals surface area contributed by atoms with Gasteiger partial charge in [-0.1, -0.05) is 26.7 Å². The van der Waals surface area contributed by atoms with Gasteiger partial charge in [0.1, 0.15) is 0 Å². The minimum atomic E-state index is -3.07. The summed E-state index contributed by atoms with van der Waals surface area (Å²) in [5, 5.41) is 3.15. The molecule has 0 amide bonds. The monoisotopic (exact) mass is 262 g/mol. The molecule has 1 saturated carbocycles. The van der Waals surface area contributed by atoms with E-state index in [4.69, 9.17) is 0 Å². The van der Waals surface area contributed by atoms with Crippen LogP contribution in [0, 0.1) is 0 Å². The largest absolute Gasteiger partial charge is 0.316 e.